The monoisotopic (exact) mass is 317 g/mol. The van der Waals surface area contributed by atoms with Crippen LogP contribution < -0.4 is 5.46 Å². The topological polar surface area (TPSA) is 31.4 Å². The lowest BCUT2D eigenvalue weighted by molar-refractivity contribution is 0.00578. The molecule has 0 saturated carbocycles. The predicted octanol–water partition coefficient (Wildman–Crippen LogP) is 2.80. The van der Waals surface area contributed by atoms with Crippen molar-refractivity contribution in [2.45, 2.75) is 38.9 Å². The fourth-order valence-corrected chi connectivity index (χ4v) is 2.17. The van der Waals surface area contributed by atoms with Gasteiger partial charge in [-0.15, -0.1) is 0 Å². The van der Waals surface area contributed by atoms with E-state index in [0.717, 1.165) is 9.94 Å². The SMILES string of the molecule is CC1(C)OB(c2ccnc(Cl)c2Br)OC1(C)C. The molecule has 0 N–H and O–H groups in total. The molecular weight excluding hydrogens is 304 g/mol. The van der Waals surface area contributed by atoms with E-state index in [1.54, 1.807) is 6.20 Å². The average molecular weight is 318 g/mol. The first-order chi connectivity index (χ1) is 7.74. The average Bonchev–Trinajstić information content (AvgIpc) is 2.40. The Morgan fingerprint density at radius 3 is 2.29 bits per heavy atom. The van der Waals surface area contributed by atoms with Gasteiger partial charge >= 0.3 is 7.12 Å². The van der Waals surface area contributed by atoms with E-state index >= 15 is 0 Å². The number of nitrogens with zero attached hydrogens (tertiary/aromatic N) is 1. The van der Waals surface area contributed by atoms with Crippen LogP contribution in [0.5, 0.6) is 0 Å². The van der Waals surface area contributed by atoms with Crippen molar-refractivity contribution in [1.29, 1.82) is 0 Å². The third-order valence-corrected chi connectivity index (χ3v) is 4.73. The third kappa shape index (κ3) is 2.26. The second-order valence-electron chi connectivity index (χ2n) is 5.09. The summed E-state index contributed by atoms with van der Waals surface area (Å²) < 4.78 is 12.6. The molecule has 0 spiro atoms. The second-order valence-corrected chi connectivity index (χ2v) is 6.24. The fourth-order valence-electron chi connectivity index (χ4n) is 1.58. The van der Waals surface area contributed by atoms with Crippen LogP contribution >= 0.6 is 27.5 Å². The smallest absolute Gasteiger partial charge is 0.399 e. The first-order valence-corrected chi connectivity index (χ1v) is 6.57. The Labute approximate surface area is 115 Å². The molecule has 0 aromatic carbocycles. The fraction of sp³-hybridized carbons (Fsp3) is 0.545. The Balaban J connectivity index is 2.36. The summed E-state index contributed by atoms with van der Waals surface area (Å²) in [5, 5.41) is 0.414. The number of pyridine rings is 1. The van der Waals surface area contributed by atoms with Gasteiger partial charge in [0.1, 0.15) is 5.15 Å². The predicted molar refractivity (Wildman–Crippen MR) is 72.7 cm³/mol. The maximum Gasteiger partial charge on any atom is 0.496 e. The molecule has 0 unspecified atom stereocenters. The van der Waals surface area contributed by atoms with Crippen molar-refractivity contribution in [3.05, 3.63) is 21.9 Å². The van der Waals surface area contributed by atoms with Crippen LogP contribution in [0.25, 0.3) is 0 Å². The van der Waals surface area contributed by atoms with Gasteiger partial charge in [-0.25, -0.2) is 4.98 Å². The van der Waals surface area contributed by atoms with Crippen molar-refractivity contribution in [2.24, 2.45) is 0 Å². The minimum Gasteiger partial charge on any atom is -0.399 e. The molecule has 3 nitrogen and oxygen atoms in total. The number of rotatable bonds is 1. The highest BCUT2D eigenvalue weighted by Crippen LogP contribution is 2.37. The van der Waals surface area contributed by atoms with Crippen molar-refractivity contribution in [3.8, 4) is 0 Å². The van der Waals surface area contributed by atoms with Crippen LogP contribution in [0.2, 0.25) is 5.15 Å². The molecule has 1 aromatic rings. The van der Waals surface area contributed by atoms with Crippen LogP contribution in [-0.2, 0) is 9.31 Å². The van der Waals surface area contributed by atoms with E-state index in [4.69, 9.17) is 20.9 Å². The molecule has 17 heavy (non-hydrogen) atoms. The zero-order valence-electron chi connectivity index (χ0n) is 10.3. The molecule has 1 saturated heterocycles. The minimum atomic E-state index is -0.421. The summed E-state index contributed by atoms with van der Waals surface area (Å²) >= 11 is 9.38. The van der Waals surface area contributed by atoms with Crippen LogP contribution in [-0.4, -0.2) is 23.3 Å². The zero-order valence-corrected chi connectivity index (χ0v) is 12.6. The summed E-state index contributed by atoms with van der Waals surface area (Å²) in [6.07, 6.45) is 1.65. The number of hydrogen-bond donors (Lipinski definition) is 0. The molecule has 0 atom stereocenters. The maximum atomic E-state index is 5.97. The summed E-state index contributed by atoms with van der Waals surface area (Å²) in [6.45, 7) is 8.07. The van der Waals surface area contributed by atoms with Crippen molar-refractivity contribution in [2.75, 3.05) is 0 Å². The van der Waals surface area contributed by atoms with Crippen molar-refractivity contribution < 1.29 is 9.31 Å². The number of hydrogen-bond acceptors (Lipinski definition) is 3. The van der Waals surface area contributed by atoms with Gasteiger partial charge in [-0.2, -0.15) is 0 Å². The highest BCUT2D eigenvalue weighted by molar-refractivity contribution is 9.10. The van der Waals surface area contributed by atoms with Gasteiger partial charge in [0.15, 0.2) is 0 Å². The van der Waals surface area contributed by atoms with E-state index in [-0.39, 0.29) is 11.2 Å². The molecule has 0 bridgehead atoms. The molecule has 1 aromatic heterocycles. The lowest BCUT2D eigenvalue weighted by atomic mass is 9.80. The van der Waals surface area contributed by atoms with Crippen molar-refractivity contribution >= 4 is 40.1 Å². The van der Waals surface area contributed by atoms with Crippen molar-refractivity contribution in [1.82, 2.24) is 4.98 Å². The highest BCUT2D eigenvalue weighted by atomic mass is 79.9. The van der Waals surface area contributed by atoms with Gasteiger partial charge in [0.25, 0.3) is 0 Å². The summed E-state index contributed by atoms with van der Waals surface area (Å²) in [7, 11) is -0.421. The van der Waals surface area contributed by atoms with Gasteiger partial charge in [0, 0.05) is 11.7 Å². The molecule has 1 aliphatic heterocycles. The molecule has 2 heterocycles. The lowest BCUT2D eigenvalue weighted by Gasteiger charge is -2.32. The summed E-state index contributed by atoms with van der Waals surface area (Å²) in [4.78, 5) is 3.99. The minimum absolute atomic E-state index is 0.354. The van der Waals surface area contributed by atoms with Crippen molar-refractivity contribution in [3.63, 3.8) is 0 Å². The van der Waals surface area contributed by atoms with E-state index in [1.807, 2.05) is 33.8 Å². The number of halogens is 2. The summed E-state index contributed by atoms with van der Waals surface area (Å²) in [5.74, 6) is 0. The van der Waals surface area contributed by atoms with E-state index in [1.165, 1.54) is 0 Å². The first-order valence-electron chi connectivity index (χ1n) is 5.40. The van der Waals surface area contributed by atoms with Gasteiger partial charge in [-0.1, -0.05) is 11.6 Å². The van der Waals surface area contributed by atoms with Gasteiger partial charge in [0.05, 0.1) is 15.7 Å². The highest BCUT2D eigenvalue weighted by Gasteiger charge is 2.52. The van der Waals surface area contributed by atoms with Gasteiger partial charge in [-0.05, 0) is 49.7 Å². The van der Waals surface area contributed by atoms with Gasteiger partial charge in [0.2, 0.25) is 0 Å². The quantitative estimate of drug-likeness (QED) is 0.589. The van der Waals surface area contributed by atoms with Crippen LogP contribution in [0.15, 0.2) is 16.7 Å². The van der Waals surface area contributed by atoms with Crippen LogP contribution in [0, 0.1) is 0 Å². The van der Waals surface area contributed by atoms with Crippen LogP contribution in [0.1, 0.15) is 27.7 Å². The van der Waals surface area contributed by atoms with E-state index in [2.05, 4.69) is 20.9 Å². The second kappa shape index (κ2) is 4.23. The Morgan fingerprint density at radius 2 is 1.76 bits per heavy atom. The number of aromatic nitrogens is 1. The van der Waals surface area contributed by atoms with E-state index in [9.17, 15) is 0 Å². The lowest BCUT2D eigenvalue weighted by Crippen LogP contribution is -2.41. The van der Waals surface area contributed by atoms with Crippen LogP contribution in [0.4, 0.5) is 0 Å². The third-order valence-electron chi connectivity index (χ3n) is 3.38. The molecule has 92 valence electrons. The molecule has 0 aliphatic carbocycles. The molecule has 0 amide bonds. The maximum absolute atomic E-state index is 5.97. The molecule has 1 aliphatic rings. The Kier molecular flexibility index (Phi) is 3.32. The summed E-state index contributed by atoms with van der Waals surface area (Å²) in [6, 6.07) is 1.85. The largest absolute Gasteiger partial charge is 0.496 e. The zero-order chi connectivity index (χ0) is 12.8. The Bertz CT molecular complexity index is 437. The Hall–Kier alpha value is -0.0951. The normalized spacial score (nSPS) is 21.9. The standard InChI is InChI=1S/C11H14BBrClNO2/c1-10(2)11(3,4)17-12(16-10)7-5-6-15-9(14)8(7)13/h5-6H,1-4H3. The van der Waals surface area contributed by atoms with Gasteiger partial charge in [-0.3, -0.25) is 0 Å². The Morgan fingerprint density at radius 1 is 1.24 bits per heavy atom. The molecule has 0 radical (unpaired) electrons. The molecule has 6 heteroatoms. The summed E-state index contributed by atoms with van der Waals surface area (Å²) in [5.41, 5.74) is 0.156. The molecule has 1 fully saturated rings. The van der Waals surface area contributed by atoms with E-state index < -0.39 is 7.12 Å². The first kappa shape index (κ1) is 13.3. The van der Waals surface area contributed by atoms with Crippen LogP contribution in [0.3, 0.4) is 0 Å². The molecular formula is C11H14BBrClNO2. The molecule has 2 rings (SSSR count). The van der Waals surface area contributed by atoms with Gasteiger partial charge < -0.3 is 9.31 Å². The van der Waals surface area contributed by atoms with E-state index in [0.29, 0.717) is 5.15 Å².